The molecule has 1 heterocycles. The minimum absolute atomic E-state index is 0.174. The van der Waals surface area contributed by atoms with Crippen molar-refractivity contribution >= 4 is 0 Å². The molecule has 1 N–H and O–H groups in total. The Bertz CT molecular complexity index is 360. The second kappa shape index (κ2) is 5.65. The Hall–Kier alpha value is -0.860. The highest BCUT2D eigenvalue weighted by Gasteiger charge is 2.21. The highest BCUT2D eigenvalue weighted by molar-refractivity contribution is 5.30. The van der Waals surface area contributed by atoms with Crippen molar-refractivity contribution in [1.29, 1.82) is 0 Å². The first-order chi connectivity index (χ1) is 8.18. The van der Waals surface area contributed by atoms with Crippen LogP contribution in [0.5, 0.6) is 0 Å². The van der Waals surface area contributed by atoms with Crippen LogP contribution in [0.2, 0.25) is 0 Å². The Labute approximate surface area is 104 Å². The van der Waals surface area contributed by atoms with Crippen LogP contribution in [0.25, 0.3) is 0 Å². The molecule has 2 atom stereocenters. The van der Waals surface area contributed by atoms with Gasteiger partial charge in [0.05, 0.1) is 18.8 Å². The second-order valence-electron chi connectivity index (χ2n) is 5.20. The zero-order valence-electron chi connectivity index (χ0n) is 10.7. The SMILES string of the molecule is CC(C)C(O)CCC1OCCc2ccccc21. The van der Waals surface area contributed by atoms with Crippen LogP contribution in [0.3, 0.4) is 0 Å². The van der Waals surface area contributed by atoms with E-state index < -0.39 is 0 Å². The fourth-order valence-corrected chi connectivity index (χ4v) is 2.37. The first-order valence-corrected chi connectivity index (χ1v) is 6.56. The number of benzene rings is 1. The highest BCUT2D eigenvalue weighted by atomic mass is 16.5. The van der Waals surface area contributed by atoms with E-state index in [0.29, 0.717) is 5.92 Å². The average molecular weight is 234 g/mol. The number of hydrogen-bond acceptors (Lipinski definition) is 2. The summed E-state index contributed by atoms with van der Waals surface area (Å²) in [4.78, 5) is 0. The standard InChI is InChI=1S/C15H22O2/c1-11(2)14(16)7-8-15-13-6-4-3-5-12(13)9-10-17-15/h3-6,11,14-16H,7-10H2,1-2H3. The van der Waals surface area contributed by atoms with Crippen molar-refractivity contribution < 1.29 is 9.84 Å². The zero-order valence-corrected chi connectivity index (χ0v) is 10.7. The van der Waals surface area contributed by atoms with E-state index in [4.69, 9.17) is 4.74 Å². The lowest BCUT2D eigenvalue weighted by molar-refractivity contribution is 0.0194. The highest BCUT2D eigenvalue weighted by Crippen LogP contribution is 2.31. The summed E-state index contributed by atoms with van der Waals surface area (Å²) in [7, 11) is 0. The molecule has 0 bridgehead atoms. The monoisotopic (exact) mass is 234 g/mol. The molecule has 0 spiro atoms. The Morgan fingerprint density at radius 3 is 2.88 bits per heavy atom. The van der Waals surface area contributed by atoms with E-state index in [1.165, 1.54) is 11.1 Å². The van der Waals surface area contributed by atoms with Crippen LogP contribution in [-0.2, 0) is 11.2 Å². The van der Waals surface area contributed by atoms with Gasteiger partial charge in [0.1, 0.15) is 0 Å². The van der Waals surface area contributed by atoms with Gasteiger partial charge in [-0.2, -0.15) is 0 Å². The van der Waals surface area contributed by atoms with Crippen LogP contribution >= 0.6 is 0 Å². The minimum Gasteiger partial charge on any atom is -0.393 e. The van der Waals surface area contributed by atoms with Crippen molar-refractivity contribution in [3.8, 4) is 0 Å². The molecule has 1 aromatic carbocycles. The first-order valence-electron chi connectivity index (χ1n) is 6.56. The van der Waals surface area contributed by atoms with Gasteiger partial charge in [-0.1, -0.05) is 38.1 Å². The van der Waals surface area contributed by atoms with E-state index in [1.54, 1.807) is 0 Å². The molecule has 2 unspecified atom stereocenters. The molecule has 1 aliphatic heterocycles. The molecule has 0 saturated carbocycles. The fourth-order valence-electron chi connectivity index (χ4n) is 2.37. The predicted octanol–water partition coefficient (Wildman–Crippen LogP) is 3.10. The Morgan fingerprint density at radius 2 is 2.12 bits per heavy atom. The van der Waals surface area contributed by atoms with Gasteiger partial charge in [0, 0.05) is 0 Å². The summed E-state index contributed by atoms with van der Waals surface area (Å²) in [5.74, 6) is 0.328. The molecule has 0 radical (unpaired) electrons. The molecule has 0 amide bonds. The molecular formula is C15H22O2. The smallest absolute Gasteiger partial charge is 0.0828 e. The van der Waals surface area contributed by atoms with E-state index in [-0.39, 0.29) is 12.2 Å². The summed E-state index contributed by atoms with van der Waals surface area (Å²) in [6, 6.07) is 8.49. The van der Waals surface area contributed by atoms with E-state index >= 15 is 0 Å². The number of hydrogen-bond donors (Lipinski definition) is 1. The summed E-state index contributed by atoms with van der Waals surface area (Å²) in [5.41, 5.74) is 2.72. The molecular weight excluding hydrogens is 212 g/mol. The topological polar surface area (TPSA) is 29.5 Å². The van der Waals surface area contributed by atoms with Gasteiger partial charge in [-0.25, -0.2) is 0 Å². The largest absolute Gasteiger partial charge is 0.393 e. The molecule has 2 nitrogen and oxygen atoms in total. The normalized spacial score (nSPS) is 21.3. The van der Waals surface area contributed by atoms with Gasteiger partial charge in [0.15, 0.2) is 0 Å². The van der Waals surface area contributed by atoms with Gasteiger partial charge in [0.25, 0.3) is 0 Å². The van der Waals surface area contributed by atoms with Crippen molar-refractivity contribution in [2.75, 3.05) is 6.61 Å². The Morgan fingerprint density at radius 1 is 1.35 bits per heavy atom. The van der Waals surface area contributed by atoms with Crippen LogP contribution in [0.4, 0.5) is 0 Å². The number of aliphatic hydroxyl groups excluding tert-OH is 1. The van der Waals surface area contributed by atoms with Crippen LogP contribution in [0.1, 0.15) is 43.9 Å². The van der Waals surface area contributed by atoms with E-state index in [0.717, 1.165) is 25.9 Å². The fraction of sp³-hybridized carbons (Fsp3) is 0.600. The van der Waals surface area contributed by atoms with Gasteiger partial charge in [-0.05, 0) is 36.3 Å². The summed E-state index contributed by atoms with van der Waals surface area (Å²) < 4.78 is 5.82. The maximum absolute atomic E-state index is 9.85. The summed E-state index contributed by atoms with van der Waals surface area (Å²) in [6.07, 6.45) is 2.70. The third kappa shape index (κ3) is 3.08. The van der Waals surface area contributed by atoms with Crippen molar-refractivity contribution in [3.05, 3.63) is 35.4 Å². The number of rotatable bonds is 4. The summed E-state index contributed by atoms with van der Waals surface area (Å²) >= 11 is 0. The average Bonchev–Trinajstić information content (AvgIpc) is 2.35. The first kappa shape index (κ1) is 12.6. The Kier molecular flexibility index (Phi) is 4.19. The zero-order chi connectivity index (χ0) is 12.3. The lowest BCUT2D eigenvalue weighted by Crippen LogP contribution is -2.20. The maximum Gasteiger partial charge on any atom is 0.0828 e. The minimum atomic E-state index is -0.215. The van der Waals surface area contributed by atoms with Crippen LogP contribution in [0, 0.1) is 5.92 Å². The molecule has 94 valence electrons. The van der Waals surface area contributed by atoms with Gasteiger partial charge >= 0.3 is 0 Å². The number of ether oxygens (including phenoxy) is 1. The van der Waals surface area contributed by atoms with Crippen molar-refractivity contribution in [1.82, 2.24) is 0 Å². The van der Waals surface area contributed by atoms with Gasteiger partial charge < -0.3 is 9.84 Å². The summed E-state index contributed by atoms with van der Waals surface area (Å²) in [5, 5.41) is 9.85. The maximum atomic E-state index is 9.85. The second-order valence-corrected chi connectivity index (χ2v) is 5.20. The van der Waals surface area contributed by atoms with Gasteiger partial charge in [0.2, 0.25) is 0 Å². The van der Waals surface area contributed by atoms with Crippen molar-refractivity contribution in [2.24, 2.45) is 5.92 Å². The predicted molar refractivity (Wildman–Crippen MR) is 68.9 cm³/mol. The molecule has 0 fully saturated rings. The molecule has 0 aliphatic carbocycles. The summed E-state index contributed by atoms with van der Waals surface area (Å²) in [6.45, 7) is 4.92. The van der Waals surface area contributed by atoms with Crippen LogP contribution in [0.15, 0.2) is 24.3 Å². The van der Waals surface area contributed by atoms with Gasteiger partial charge in [-0.15, -0.1) is 0 Å². The molecule has 2 heteroatoms. The third-order valence-electron chi connectivity index (χ3n) is 3.59. The van der Waals surface area contributed by atoms with Crippen LogP contribution in [-0.4, -0.2) is 17.8 Å². The van der Waals surface area contributed by atoms with Crippen LogP contribution < -0.4 is 0 Å². The molecule has 0 saturated heterocycles. The molecule has 1 aliphatic rings. The Balaban J connectivity index is 1.99. The van der Waals surface area contributed by atoms with Crippen molar-refractivity contribution in [2.45, 2.75) is 45.3 Å². The van der Waals surface area contributed by atoms with E-state index in [1.807, 2.05) is 0 Å². The number of fused-ring (bicyclic) bond motifs is 1. The lowest BCUT2D eigenvalue weighted by Gasteiger charge is -2.27. The van der Waals surface area contributed by atoms with E-state index in [2.05, 4.69) is 38.1 Å². The third-order valence-corrected chi connectivity index (χ3v) is 3.59. The molecule has 2 rings (SSSR count). The van der Waals surface area contributed by atoms with Gasteiger partial charge in [-0.3, -0.25) is 0 Å². The van der Waals surface area contributed by atoms with Crippen molar-refractivity contribution in [3.63, 3.8) is 0 Å². The lowest BCUT2D eigenvalue weighted by atomic mass is 9.92. The quantitative estimate of drug-likeness (QED) is 0.867. The molecule has 17 heavy (non-hydrogen) atoms. The van der Waals surface area contributed by atoms with E-state index in [9.17, 15) is 5.11 Å². The number of aliphatic hydroxyl groups is 1. The molecule has 0 aromatic heterocycles. The molecule has 1 aromatic rings.